The quantitative estimate of drug-likeness (QED) is 0.712. The first-order valence-electron chi connectivity index (χ1n) is 10.1. The Hall–Kier alpha value is -1.85. The maximum absolute atomic E-state index is 11.8. The number of carboxylic acids is 1. The van der Waals surface area contributed by atoms with Gasteiger partial charge < -0.3 is 14.7 Å². The van der Waals surface area contributed by atoms with Crippen molar-refractivity contribution in [3.8, 4) is 5.75 Å². The molecule has 3 aliphatic rings. The van der Waals surface area contributed by atoms with Crippen LogP contribution in [-0.4, -0.2) is 62.1 Å². The third-order valence-electron chi connectivity index (χ3n) is 5.78. The standard InChI is InChI=1S/C18H26N2O3S.C2HF3O2/c1-24(21,22)19-16-12-18(23-17-5-3-2-4-15(16)17)8-10-20(11-9-18)13-14-6-7-14;3-2(4,5)1(6)7/h2-5,14,16,19H,6-13H2,1H3;(H,6,7). The van der Waals surface area contributed by atoms with Crippen molar-refractivity contribution in [2.45, 2.75) is 49.9 Å². The molecule has 0 bridgehead atoms. The molecule has 0 radical (unpaired) electrons. The number of nitrogens with one attached hydrogen (secondary N) is 1. The number of alkyl halides is 3. The Morgan fingerprint density at radius 1 is 1.26 bits per heavy atom. The first-order chi connectivity index (χ1) is 14.4. The van der Waals surface area contributed by atoms with Crippen LogP contribution in [0.4, 0.5) is 13.2 Å². The number of fused-ring (bicyclic) bond motifs is 1. The molecule has 7 nitrogen and oxygen atoms in total. The van der Waals surface area contributed by atoms with E-state index in [1.807, 2.05) is 24.3 Å². The van der Waals surface area contributed by atoms with Gasteiger partial charge in [0.15, 0.2) is 0 Å². The lowest BCUT2D eigenvalue weighted by Crippen LogP contribution is -2.52. The highest BCUT2D eigenvalue weighted by Gasteiger charge is 2.44. The Bertz CT molecular complexity index is 894. The van der Waals surface area contributed by atoms with Crippen molar-refractivity contribution in [1.29, 1.82) is 0 Å². The fraction of sp³-hybridized carbons (Fsp3) is 0.650. The van der Waals surface area contributed by atoms with Gasteiger partial charge in [0.2, 0.25) is 10.0 Å². The summed E-state index contributed by atoms with van der Waals surface area (Å²) < 4.78 is 64.6. The molecular weight excluding hydrogens is 437 g/mol. The molecule has 1 aromatic rings. The van der Waals surface area contributed by atoms with Crippen LogP contribution in [0.3, 0.4) is 0 Å². The fourth-order valence-corrected chi connectivity index (χ4v) is 4.82. The second-order valence-electron chi connectivity index (χ2n) is 8.52. The second-order valence-corrected chi connectivity index (χ2v) is 10.3. The molecule has 0 amide bonds. The minimum absolute atomic E-state index is 0.195. The molecule has 31 heavy (non-hydrogen) atoms. The Kier molecular flexibility index (Phi) is 6.87. The number of rotatable bonds is 4. The van der Waals surface area contributed by atoms with E-state index < -0.39 is 22.2 Å². The molecule has 11 heteroatoms. The number of hydrogen-bond donors (Lipinski definition) is 2. The Labute approximate surface area is 179 Å². The van der Waals surface area contributed by atoms with Gasteiger partial charge in [-0.1, -0.05) is 18.2 Å². The van der Waals surface area contributed by atoms with Gasteiger partial charge in [-0.05, 0) is 37.7 Å². The number of nitrogens with zero attached hydrogens (tertiary/aromatic N) is 1. The molecule has 1 saturated carbocycles. The molecule has 1 unspecified atom stereocenters. The molecule has 2 aliphatic heterocycles. The van der Waals surface area contributed by atoms with E-state index in [0.29, 0.717) is 6.42 Å². The van der Waals surface area contributed by atoms with Gasteiger partial charge in [-0.3, -0.25) is 0 Å². The number of benzene rings is 1. The topological polar surface area (TPSA) is 95.9 Å². The van der Waals surface area contributed by atoms with Crippen molar-refractivity contribution >= 4 is 16.0 Å². The SMILES string of the molecule is CS(=O)(=O)NC1CC2(CCN(CC3CC3)CC2)Oc2ccccc21.O=C(O)C(F)(F)F. The number of aliphatic carboxylic acids is 1. The van der Waals surface area contributed by atoms with E-state index in [0.717, 1.165) is 43.2 Å². The van der Waals surface area contributed by atoms with Crippen molar-refractivity contribution in [1.82, 2.24) is 9.62 Å². The highest BCUT2D eigenvalue weighted by Crippen LogP contribution is 2.44. The first-order valence-corrected chi connectivity index (χ1v) is 12.0. The van der Waals surface area contributed by atoms with Crippen molar-refractivity contribution in [2.24, 2.45) is 5.92 Å². The summed E-state index contributed by atoms with van der Waals surface area (Å²) in [5.74, 6) is -1.01. The molecule has 2 heterocycles. The van der Waals surface area contributed by atoms with Crippen LogP contribution < -0.4 is 9.46 Å². The van der Waals surface area contributed by atoms with Crippen LogP contribution in [0.1, 0.15) is 43.7 Å². The summed E-state index contributed by atoms with van der Waals surface area (Å²) in [7, 11) is -3.26. The lowest BCUT2D eigenvalue weighted by molar-refractivity contribution is -0.192. The van der Waals surface area contributed by atoms with Crippen molar-refractivity contribution in [3.05, 3.63) is 29.8 Å². The summed E-state index contributed by atoms with van der Waals surface area (Å²) in [6, 6.07) is 7.63. The van der Waals surface area contributed by atoms with Crippen LogP contribution in [0, 0.1) is 5.92 Å². The summed E-state index contributed by atoms with van der Waals surface area (Å²) in [4.78, 5) is 11.4. The fourth-order valence-electron chi connectivity index (χ4n) is 4.10. The molecule has 2 N–H and O–H groups in total. The van der Waals surface area contributed by atoms with Gasteiger partial charge in [0.05, 0.1) is 12.3 Å². The van der Waals surface area contributed by atoms with Crippen LogP contribution in [0.25, 0.3) is 0 Å². The smallest absolute Gasteiger partial charge is 0.487 e. The number of sulfonamides is 1. The number of para-hydroxylation sites is 1. The minimum Gasteiger partial charge on any atom is -0.487 e. The van der Waals surface area contributed by atoms with E-state index in [-0.39, 0.29) is 11.6 Å². The normalized spacial score (nSPS) is 23.3. The number of carbonyl (C=O) groups is 1. The number of likely N-dealkylation sites (tertiary alicyclic amines) is 1. The predicted octanol–water partition coefficient (Wildman–Crippen LogP) is 2.94. The number of hydrogen-bond acceptors (Lipinski definition) is 5. The maximum atomic E-state index is 11.8. The molecule has 2 fully saturated rings. The van der Waals surface area contributed by atoms with Gasteiger partial charge in [0.25, 0.3) is 0 Å². The largest absolute Gasteiger partial charge is 0.490 e. The Morgan fingerprint density at radius 3 is 2.35 bits per heavy atom. The van der Waals surface area contributed by atoms with E-state index in [1.165, 1.54) is 25.6 Å². The van der Waals surface area contributed by atoms with Crippen molar-refractivity contribution in [3.63, 3.8) is 0 Å². The average molecular weight is 465 g/mol. The molecule has 0 aromatic heterocycles. The molecule has 1 saturated heterocycles. The highest BCUT2D eigenvalue weighted by molar-refractivity contribution is 7.88. The van der Waals surface area contributed by atoms with Crippen LogP contribution in [-0.2, 0) is 14.8 Å². The van der Waals surface area contributed by atoms with E-state index in [4.69, 9.17) is 14.6 Å². The third kappa shape index (κ3) is 6.81. The number of ether oxygens (including phenoxy) is 1. The summed E-state index contributed by atoms with van der Waals surface area (Å²) in [5.41, 5.74) is 0.713. The van der Waals surface area contributed by atoms with Crippen molar-refractivity contribution in [2.75, 3.05) is 25.9 Å². The average Bonchev–Trinajstić information content (AvgIpc) is 3.46. The summed E-state index contributed by atoms with van der Waals surface area (Å²) >= 11 is 0. The summed E-state index contributed by atoms with van der Waals surface area (Å²) in [6.07, 6.45) is 1.56. The number of halogens is 3. The van der Waals surface area contributed by atoms with Crippen LogP contribution in [0.2, 0.25) is 0 Å². The van der Waals surface area contributed by atoms with E-state index in [1.54, 1.807) is 0 Å². The van der Waals surface area contributed by atoms with Gasteiger partial charge in [-0.2, -0.15) is 13.2 Å². The third-order valence-corrected chi connectivity index (χ3v) is 6.49. The van der Waals surface area contributed by atoms with E-state index in [2.05, 4.69) is 9.62 Å². The molecule has 1 atom stereocenters. The maximum Gasteiger partial charge on any atom is 0.490 e. The number of carboxylic acid groups (broad SMARTS) is 1. The molecule has 174 valence electrons. The number of piperidine rings is 1. The lowest BCUT2D eigenvalue weighted by Gasteiger charge is -2.47. The van der Waals surface area contributed by atoms with Gasteiger partial charge >= 0.3 is 12.1 Å². The first kappa shape index (κ1) is 23.8. The highest BCUT2D eigenvalue weighted by atomic mass is 32.2. The van der Waals surface area contributed by atoms with Gasteiger partial charge in [-0.25, -0.2) is 17.9 Å². The minimum atomic E-state index is -5.08. The van der Waals surface area contributed by atoms with Gasteiger partial charge in [0.1, 0.15) is 11.4 Å². The van der Waals surface area contributed by atoms with E-state index >= 15 is 0 Å². The summed E-state index contributed by atoms with van der Waals surface area (Å²) in [6.45, 7) is 3.31. The lowest BCUT2D eigenvalue weighted by atomic mass is 9.81. The molecule has 4 rings (SSSR count). The Morgan fingerprint density at radius 2 is 1.84 bits per heavy atom. The molecule has 1 aromatic carbocycles. The molecule has 1 aliphatic carbocycles. The van der Waals surface area contributed by atoms with Crippen molar-refractivity contribution < 1.29 is 36.2 Å². The molecule has 1 spiro atoms. The predicted molar refractivity (Wildman–Crippen MR) is 107 cm³/mol. The van der Waals surface area contributed by atoms with Crippen LogP contribution in [0.5, 0.6) is 5.75 Å². The second kappa shape index (κ2) is 8.95. The van der Waals surface area contributed by atoms with Gasteiger partial charge in [0, 0.05) is 31.6 Å². The van der Waals surface area contributed by atoms with Crippen LogP contribution >= 0.6 is 0 Å². The summed E-state index contributed by atoms with van der Waals surface area (Å²) in [5, 5.41) is 7.12. The zero-order valence-corrected chi connectivity index (χ0v) is 18.0. The monoisotopic (exact) mass is 464 g/mol. The van der Waals surface area contributed by atoms with Gasteiger partial charge in [-0.15, -0.1) is 0 Å². The zero-order valence-electron chi connectivity index (χ0n) is 17.2. The molecular formula is C20H27F3N2O5S. The van der Waals surface area contributed by atoms with E-state index in [9.17, 15) is 21.6 Å². The van der Waals surface area contributed by atoms with Crippen LogP contribution in [0.15, 0.2) is 24.3 Å². The zero-order chi connectivity index (χ0) is 22.9. The Balaban J connectivity index is 0.000000339.